The van der Waals surface area contributed by atoms with Gasteiger partial charge in [0.05, 0.1) is 17.6 Å². The molecule has 0 radical (unpaired) electrons. The number of benzene rings is 2. The van der Waals surface area contributed by atoms with E-state index in [-0.39, 0.29) is 12.5 Å². The van der Waals surface area contributed by atoms with Gasteiger partial charge in [-0.2, -0.15) is 0 Å². The van der Waals surface area contributed by atoms with Gasteiger partial charge in [0, 0.05) is 39.3 Å². The largest absolute Gasteiger partial charge is 0.353 e. The summed E-state index contributed by atoms with van der Waals surface area (Å²) in [5, 5.41) is 2.91. The van der Waals surface area contributed by atoms with Crippen LogP contribution in [0.4, 0.5) is 0 Å². The predicted molar refractivity (Wildman–Crippen MR) is 130 cm³/mol. The topological polar surface area (TPSA) is 79.6 Å². The molecule has 0 saturated carbocycles. The molecular formula is C25H31N5O3. The number of hydrogen-bond acceptors (Lipinski definition) is 5. The van der Waals surface area contributed by atoms with Crippen molar-refractivity contribution in [1.29, 1.82) is 0 Å². The zero-order chi connectivity index (χ0) is 23.2. The number of piperazine rings is 1. The van der Waals surface area contributed by atoms with E-state index in [4.69, 9.17) is 0 Å². The van der Waals surface area contributed by atoms with Gasteiger partial charge in [-0.05, 0) is 24.2 Å². The molecule has 0 aliphatic carbocycles. The first kappa shape index (κ1) is 22.9. The third-order valence-electron chi connectivity index (χ3n) is 6.28. The summed E-state index contributed by atoms with van der Waals surface area (Å²) in [4.78, 5) is 43.3. The highest BCUT2D eigenvalue weighted by molar-refractivity contribution is 5.80. The zero-order valence-electron chi connectivity index (χ0n) is 19.1. The highest BCUT2D eigenvalue weighted by atomic mass is 16.2. The molecule has 2 aromatic carbocycles. The Morgan fingerprint density at radius 1 is 0.818 bits per heavy atom. The monoisotopic (exact) mass is 449 g/mol. The highest BCUT2D eigenvalue weighted by Gasteiger charge is 2.17. The Hall–Kier alpha value is -3.23. The van der Waals surface area contributed by atoms with Crippen LogP contribution in [0, 0.1) is 0 Å². The van der Waals surface area contributed by atoms with Crippen LogP contribution in [0.2, 0.25) is 0 Å². The number of fused-ring (bicyclic) bond motifs is 1. The maximum Gasteiger partial charge on any atom is 0.317 e. The van der Waals surface area contributed by atoms with Crippen LogP contribution in [0.15, 0.2) is 64.2 Å². The van der Waals surface area contributed by atoms with Gasteiger partial charge >= 0.3 is 11.1 Å². The summed E-state index contributed by atoms with van der Waals surface area (Å²) in [5.74, 6) is -0.269. The molecule has 0 spiro atoms. The molecule has 1 aliphatic heterocycles. The number of carbonyl (C=O) groups excluding carboxylic acids is 1. The number of hydrogen-bond donors (Lipinski definition) is 1. The smallest absolute Gasteiger partial charge is 0.317 e. The van der Waals surface area contributed by atoms with Gasteiger partial charge in [-0.25, -0.2) is 0 Å². The van der Waals surface area contributed by atoms with Crippen LogP contribution in [0.25, 0.3) is 11.0 Å². The molecule has 1 aromatic heterocycles. The normalized spacial score (nSPS) is 15.1. The minimum absolute atomic E-state index is 0.176. The number of likely N-dealkylation sites (N-methyl/N-ethyl adjacent to an activating group) is 1. The molecule has 1 aliphatic rings. The van der Waals surface area contributed by atoms with E-state index in [1.54, 1.807) is 6.07 Å². The summed E-state index contributed by atoms with van der Waals surface area (Å²) in [7, 11) is 0. The van der Waals surface area contributed by atoms with Gasteiger partial charge in [0.25, 0.3) is 0 Å². The quantitative estimate of drug-likeness (QED) is 0.519. The summed E-state index contributed by atoms with van der Waals surface area (Å²) >= 11 is 0. The van der Waals surface area contributed by atoms with Crippen molar-refractivity contribution < 1.29 is 4.79 Å². The molecule has 1 amide bonds. The lowest BCUT2D eigenvalue weighted by Gasteiger charge is -2.33. The van der Waals surface area contributed by atoms with E-state index >= 15 is 0 Å². The average molecular weight is 450 g/mol. The summed E-state index contributed by atoms with van der Waals surface area (Å²) in [6.45, 7) is 8.73. The number of nitrogens with one attached hydrogen (secondary N) is 1. The second kappa shape index (κ2) is 10.6. The first-order chi connectivity index (χ1) is 16.1. The van der Waals surface area contributed by atoms with Crippen LogP contribution in [-0.2, 0) is 17.9 Å². The number of nitrogens with zero attached hydrogens (tertiary/aromatic N) is 4. The lowest BCUT2D eigenvalue weighted by molar-refractivity contribution is -0.121. The molecule has 33 heavy (non-hydrogen) atoms. The van der Waals surface area contributed by atoms with Crippen molar-refractivity contribution in [3.8, 4) is 0 Å². The van der Waals surface area contributed by atoms with Crippen molar-refractivity contribution in [1.82, 2.24) is 24.3 Å². The fourth-order valence-corrected chi connectivity index (χ4v) is 4.33. The fourth-order valence-electron chi connectivity index (χ4n) is 4.33. The summed E-state index contributed by atoms with van der Waals surface area (Å²) in [6.07, 6.45) is 0. The Balaban J connectivity index is 1.47. The van der Waals surface area contributed by atoms with E-state index in [9.17, 15) is 14.4 Å². The number of amides is 1. The van der Waals surface area contributed by atoms with Crippen molar-refractivity contribution in [3.05, 3.63) is 80.9 Å². The summed E-state index contributed by atoms with van der Waals surface area (Å²) < 4.78 is 2.77. The van der Waals surface area contributed by atoms with E-state index in [1.165, 1.54) is 9.13 Å². The maximum absolute atomic E-state index is 12.9. The van der Waals surface area contributed by atoms with Gasteiger partial charge in [-0.3, -0.25) is 28.4 Å². The first-order valence-electron chi connectivity index (χ1n) is 11.5. The Bertz CT molecular complexity index is 1210. The molecule has 4 rings (SSSR count). The molecule has 8 heteroatoms. The third-order valence-corrected chi connectivity index (χ3v) is 6.28. The van der Waals surface area contributed by atoms with Gasteiger partial charge in [0.15, 0.2) is 0 Å². The molecular weight excluding hydrogens is 418 g/mol. The van der Waals surface area contributed by atoms with Gasteiger partial charge < -0.3 is 10.2 Å². The first-order valence-corrected chi connectivity index (χ1v) is 11.5. The van der Waals surface area contributed by atoms with E-state index in [2.05, 4.69) is 22.0 Å². The second-order valence-electron chi connectivity index (χ2n) is 8.38. The number of carbonyl (C=O) groups is 1. The fraction of sp³-hybridized carbons (Fsp3) is 0.400. The number of aromatic nitrogens is 2. The van der Waals surface area contributed by atoms with Crippen molar-refractivity contribution in [2.24, 2.45) is 0 Å². The van der Waals surface area contributed by atoms with Crippen LogP contribution in [-0.4, -0.2) is 70.7 Å². The zero-order valence-corrected chi connectivity index (χ0v) is 19.1. The van der Waals surface area contributed by atoms with E-state index in [0.717, 1.165) is 44.8 Å². The summed E-state index contributed by atoms with van der Waals surface area (Å²) in [5.41, 5.74) is 0.824. The van der Waals surface area contributed by atoms with Gasteiger partial charge in [0.1, 0.15) is 6.54 Å². The molecule has 1 N–H and O–H groups in total. The Labute approximate surface area is 193 Å². The van der Waals surface area contributed by atoms with E-state index in [0.29, 0.717) is 24.1 Å². The second-order valence-corrected chi connectivity index (χ2v) is 8.38. The SMILES string of the molecule is CCN1CCN(CCNC(=O)Cn2c(=O)c(=O)n(Cc3ccccc3)c3ccccc32)CC1. The maximum atomic E-state index is 12.9. The molecule has 1 saturated heterocycles. The van der Waals surface area contributed by atoms with Gasteiger partial charge in [0.2, 0.25) is 5.91 Å². The molecule has 1 fully saturated rings. The van der Waals surface area contributed by atoms with Crippen molar-refractivity contribution in [2.45, 2.75) is 20.0 Å². The number of para-hydroxylation sites is 2. The molecule has 2 heterocycles. The van der Waals surface area contributed by atoms with Crippen molar-refractivity contribution in [3.63, 3.8) is 0 Å². The Kier molecular flexibility index (Phi) is 7.36. The van der Waals surface area contributed by atoms with Gasteiger partial charge in [-0.1, -0.05) is 49.4 Å². The average Bonchev–Trinajstić information content (AvgIpc) is 2.85. The van der Waals surface area contributed by atoms with Crippen LogP contribution in [0.3, 0.4) is 0 Å². The van der Waals surface area contributed by atoms with E-state index < -0.39 is 11.1 Å². The van der Waals surface area contributed by atoms with E-state index in [1.807, 2.05) is 48.5 Å². The van der Waals surface area contributed by atoms with Crippen LogP contribution < -0.4 is 16.4 Å². The molecule has 8 nitrogen and oxygen atoms in total. The van der Waals surface area contributed by atoms with Crippen molar-refractivity contribution >= 4 is 16.9 Å². The highest BCUT2D eigenvalue weighted by Crippen LogP contribution is 2.12. The van der Waals surface area contributed by atoms with Gasteiger partial charge in [-0.15, -0.1) is 0 Å². The molecule has 0 unspecified atom stereocenters. The molecule has 174 valence electrons. The minimum atomic E-state index is -0.685. The van der Waals surface area contributed by atoms with Crippen molar-refractivity contribution in [2.75, 3.05) is 45.8 Å². The van der Waals surface area contributed by atoms with Crippen LogP contribution in [0.1, 0.15) is 12.5 Å². The third kappa shape index (κ3) is 5.40. The standard InChI is InChI=1S/C25H31N5O3/c1-2-27-14-16-28(17-15-27)13-12-26-23(31)19-30-22-11-7-6-10-21(22)29(24(32)25(30)33)18-20-8-4-3-5-9-20/h3-11H,2,12-19H2,1H3,(H,26,31). The molecule has 3 aromatic rings. The minimum Gasteiger partial charge on any atom is -0.353 e. The lowest BCUT2D eigenvalue weighted by Crippen LogP contribution is -2.48. The predicted octanol–water partition coefficient (Wildman–Crippen LogP) is 0.965. The Morgan fingerprint density at radius 3 is 2.06 bits per heavy atom. The lowest BCUT2D eigenvalue weighted by atomic mass is 10.2. The molecule has 0 atom stereocenters. The number of rotatable bonds is 8. The Morgan fingerprint density at radius 2 is 1.39 bits per heavy atom. The van der Waals surface area contributed by atoms with Crippen LogP contribution >= 0.6 is 0 Å². The molecule has 0 bridgehead atoms. The summed E-state index contributed by atoms with van der Waals surface area (Å²) in [6, 6.07) is 16.8. The van der Waals surface area contributed by atoms with Crippen LogP contribution in [0.5, 0.6) is 0 Å².